The highest BCUT2D eigenvalue weighted by atomic mass is 35.5. The number of halogens is 2. The van der Waals surface area contributed by atoms with Crippen molar-refractivity contribution in [3.8, 4) is 0 Å². The molecule has 1 aliphatic rings. The Morgan fingerprint density at radius 3 is 2.40 bits per heavy atom. The number of rotatable bonds is 7. The van der Waals surface area contributed by atoms with Gasteiger partial charge in [-0.3, -0.25) is 9.69 Å². The number of ether oxygens (including phenoxy) is 1. The van der Waals surface area contributed by atoms with Crippen LogP contribution in [0.4, 0.5) is 0 Å². The molecule has 1 amide bonds. The maximum atomic E-state index is 11.6. The molecule has 0 aromatic heterocycles. The third-order valence-corrected chi connectivity index (χ3v) is 3.51. The fraction of sp³-hybridized carbons (Fsp3) is 0.923. The highest BCUT2D eigenvalue weighted by Crippen LogP contribution is 2.01. The first-order valence-electron chi connectivity index (χ1n) is 6.94. The SMILES string of the molecule is CC(N)C(C)C(=O)NCCCCN1CCOCC1.Cl.Cl. The third-order valence-electron chi connectivity index (χ3n) is 3.51. The Bertz CT molecular complexity index is 250. The van der Waals surface area contributed by atoms with Gasteiger partial charge in [0.25, 0.3) is 0 Å². The molecule has 2 atom stereocenters. The van der Waals surface area contributed by atoms with Crippen LogP contribution in [-0.4, -0.2) is 56.2 Å². The number of nitrogens with two attached hydrogens (primary N) is 1. The quantitative estimate of drug-likeness (QED) is 0.685. The van der Waals surface area contributed by atoms with Crippen molar-refractivity contribution in [1.29, 1.82) is 0 Å². The van der Waals surface area contributed by atoms with E-state index >= 15 is 0 Å². The zero-order valence-corrected chi connectivity index (χ0v) is 14.1. The summed E-state index contributed by atoms with van der Waals surface area (Å²) in [5, 5.41) is 2.94. The molecular weight excluding hydrogens is 301 g/mol. The molecule has 1 rings (SSSR count). The first kappa shape index (κ1) is 22.2. The van der Waals surface area contributed by atoms with Crippen LogP contribution in [0.15, 0.2) is 0 Å². The zero-order chi connectivity index (χ0) is 13.4. The van der Waals surface area contributed by atoms with Gasteiger partial charge >= 0.3 is 0 Å². The number of carbonyl (C=O) groups excluding carboxylic acids is 1. The van der Waals surface area contributed by atoms with Crippen LogP contribution in [0.25, 0.3) is 0 Å². The van der Waals surface area contributed by atoms with E-state index < -0.39 is 0 Å². The Kier molecular flexibility index (Phi) is 14.1. The largest absolute Gasteiger partial charge is 0.379 e. The molecule has 0 saturated carbocycles. The summed E-state index contributed by atoms with van der Waals surface area (Å²) >= 11 is 0. The van der Waals surface area contributed by atoms with Gasteiger partial charge in [-0.1, -0.05) is 6.92 Å². The summed E-state index contributed by atoms with van der Waals surface area (Å²) in [5.74, 6) is -0.0411. The summed E-state index contributed by atoms with van der Waals surface area (Å²) in [4.78, 5) is 14.0. The van der Waals surface area contributed by atoms with Crippen LogP contribution in [0.1, 0.15) is 26.7 Å². The van der Waals surface area contributed by atoms with Gasteiger partial charge in [0.15, 0.2) is 0 Å². The summed E-state index contributed by atoms with van der Waals surface area (Å²) in [6, 6.07) is -0.0849. The molecule has 2 unspecified atom stereocenters. The molecule has 1 fully saturated rings. The lowest BCUT2D eigenvalue weighted by Crippen LogP contribution is -2.39. The topological polar surface area (TPSA) is 67.6 Å². The van der Waals surface area contributed by atoms with Crippen LogP contribution < -0.4 is 11.1 Å². The van der Waals surface area contributed by atoms with Crippen molar-refractivity contribution in [2.45, 2.75) is 32.7 Å². The van der Waals surface area contributed by atoms with E-state index in [1.165, 1.54) is 0 Å². The molecule has 0 aliphatic carbocycles. The second-order valence-electron chi connectivity index (χ2n) is 5.10. The minimum atomic E-state index is -0.107. The molecule has 0 bridgehead atoms. The number of carbonyl (C=O) groups is 1. The van der Waals surface area contributed by atoms with Crippen molar-refractivity contribution >= 4 is 30.7 Å². The van der Waals surface area contributed by atoms with Crippen LogP contribution in [-0.2, 0) is 9.53 Å². The first-order chi connectivity index (χ1) is 8.61. The van der Waals surface area contributed by atoms with Crippen LogP contribution in [0.2, 0.25) is 0 Å². The van der Waals surface area contributed by atoms with Crippen molar-refractivity contribution in [2.75, 3.05) is 39.4 Å². The fourth-order valence-corrected chi connectivity index (χ4v) is 1.90. The fourth-order valence-electron chi connectivity index (χ4n) is 1.90. The van der Waals surface area contributed by atoms with Crippen molar-refractivity contribution < 1.29 is 9.53 Å². The average Bonchev–Trinajstić information content (AvgIpc) is 2.38. The lowest BCUT2D eigenvalue weighted by atomic mass is 10.0. The summed E-state index contributed by atoms with van der Waals surface area (Å²) in [5.41, 5.74) is 5.69. The second kappa shape index (κ2) is 12.7. The standard InChI is InChI=1S/C13H27N3O2.2ClH/c1-11(12(2)14)13(17)15-5-3-4-6-16-7-9-18-10-8-16;;/h11-12H,3-10,14H2,1-2H3,(H,15,17);2*1H. The van der Waals surface area contributed by atoms with Crippen molar-refractivity contribution in [3.63, 3.8) is 0 Å². The predicted molar refractivity (Wildman–Crippen MR) is 86.8 cm³/mol. The van der Waals surface area contributed by atoms with Gasteiger partial charge in [0.05, 0.1) is 13.2 Å². The highest BCUT2D eigenvalue weighted by molar-refractivity contribution is 5.85. The maximum Gasteiger partial charge on any atom is 0.224 e. The Labute approximate surface area is 134 Å². The number of unbranched alkanes of at least 4 members (excludes halogenated alkanes) is 1. The van der Waals surface area contributed by atoms with E-state index in [9.17, 15) is 4.79 Å². The van der Waals surface area contributed by atoms with Crippen LogP contribution in [0.5, 0.6) is 0 Å². The molecule has 5 nitrogen and oxygen atoms in total. The molecule has 1 heterocycles. The number of nitrogens with one attached hydrogen (secondary N) is 1. The van der Waals surface area contributed by atoms with E-state index in [0.717, 1.165) is 52.2 Å². The Hall–Kier alpha value is -0.0700. The van der Waals surface area contributed by atoms with E-state index in [-0.39, 0.29) is 42.7 Å². The Morgan fingerprint density at radius 1 is 1.25 bits per heavy atom. The normalized spacial score (nSPS) is 18.4. The molecule has 1 aliphatic heterocycles. The number of hydrogen-bond acceptors (Lipinski definition) is 4. The number of nitrogens with zero attached hydrogens (tertiary/aromatic N) is 1. The molecule has 3 N–H and O–H groups in total. The van der Waals surface area contributed by atoms with E-state index in [1.54, 1.807) is 0 Å². The van der Waals surface area contributed by atoms with Gasteiger partial charge in [-0.25, -0.2) is 0 Å². The molecule has 0 aromatic rings. The average molecular weight is 330 g/mol. The summed E-state index contributed by atoms with van der Waals surface area (Å²) in [6.07, 6.45) is 2.14. The van der Waals surface area contributed by atoms with E-state index in [1.807, 2.05) is 13.8 Å². The highest BCUT2D eigenvalue weighted by Gasteiger charge is 2.16. The molecule has 0 radical (unpaired) electrons. The Balaban J connectivity index is 0. The summed E-state index contributed by atoms with van der Waals surface area (Å²) in [7, 11) is 0. The van der Waals surface area contributed by atoms with E-state index in [0.29, 0.717) is 0 Å². The third kappa shape index (κ3) is 8.97. The number of amides is 1. The lowest BCUT2D eigenvalue weighted by molar-refractivity contribution is -0.124. The number of morpholine rings is 1. The molecule has 122 valence electrons. The van der Waals surface area contributed by atoms with Gasteiger partial charge < -0.3 is 15.8 Å². The van der Waals surface area contributed by atoms with Gasteiger partial charge in [0, 0.05) is 31.6 Å². The van der Waals surface area contributed by atoms with Gasteiger partial charge in [-0.05, 0) is 26.3 Å². The van der Waals surface area contributed by atoms with Crippen molar-refractivity contribution in [3.05, 3.63) is 0 Å². The minimum absolute atomic E-state index is 0. The molecule has 0 aromatic carbocycles. The Morgan fingerprint density at radius 2 is 1.85 bits per heavy atom. The molecule has 20 heavy (non-hydrogen) atoms. The van der Waals surface area contributed by atoms with Crippen LogP contribution >= 0.6 is 24.8 Å². The monoisotopic (exact) mass is 329 g/mol. The van der Waals surface area contributed by atoms with Gasteiger partial charge in [0.1, 0.15) is 0 Å². The van der Waals surface area contributed by atoms with E-state index in [2.05, 4.69) is 10.2 Å². The van der Waals surface area contributed by atoms with Gasteiger partial charge in [0.2, 0.25) is 5.91 Å². The zero-order valence-electron chi connectivity index (χ0n) is 12.5. The van der Waals surface area contributed by atoms with Crippen LogP contribution in [0, 0.1) is 5.92 Å². The smallest absolute Gasteiger partial charge is 0.224 e. The van der Waals surface area contributed by atoms with Crippen LogP contribution in [0.3, 0.4) is 0 Å². The maximum absolute atomic E-state index is 11.6. The summed E-state index contributed by atoms with van der Waals surface area (Å²) in [6.45, 7) is 9.35. The molecular formula is C13H29Cl2N3O2. The molecule has 1 saturated heterocycles. The van der Waals surface area contributed by atoms with Gasteiger partial charge in [-0.15, -0.1) is 24.8 Å². The van der Waals surface area contributed by atoms with E-state index in [4.69, 9.17) is 10.5 Å². The number of hydrogen-bond donors (Lipinski definition) is 2. The predicted octanol–water partition coefficient (Wildman–Crippen LogP) is 1.04. The van der Waals surface area contributed by atoms with Crippen molar-refractivity contribution in [1.82, 2.24) is 10.2 Å². The molecule has 7 heteroatoms. The van der Waals surface area contributed by atoms with Gasteiger partial charge in [-0.2, -0.15) is 0 Å². The first-order valence-corrected chi connectivity index (χ1v) is 6.94. The minimum Gasteiger partial charge on any atom is -0.379 e. The molecule has 0 spiro atoms. The summed E-state index contributed by atoms with van der Waals surface area (Å²) < 4.78 is 5.30. The second-order valence-corrected chi connectivity index (χ2v) is 5.10. The lowest BCUT2D eigenvalue weighted by Gasteiger charge is -2.26. The van der Waals surface area contributed by atoms with Crippen molar-refractivity contribution in [2.24, 2.45) is 11.7 Å².